The molecule has 2 aromatic carbocycles. The summed E-state index contributed by atoms with van der Waals surface area (Å²) in [5.74, 6) is 0.800. The Bertz CT molecular complexity index is 673. The highest BCUT2D eigenvalue weighted by Gasteiger charge is 2.20. The van der Waals surface area contributed by atoms with Crippen LogP contribution < -0.4 is 4.74 Å². The van der Waals surface area contributed by atoms with Gasteiger partial charge in [-0.2, -0.15) is 5.26 Å². The van der Waals surface area contributed by atoms with Gasteiger partial charge in [0.2, 0.25) is 0 Å². The fourth-order valence-corrected chi connectivity index (χ4v) is 2.59. The van der Waals surface area contributed by atoms with E-state index < -0.39 is 6.10 Å². The van der Waals surface area contributed by atoms with E-state index in [1.165, 1.54) is 0 Å². The zero-order valence-electron chi connectivity index (χ0n) is 11.0. The summed E-state index contributed by atoms with van der Waals surface area (Å²) in [6.45, 7) is 0.689. The Balaban J connectivity index is 2.02. The van der Waals surface area contributed by atoms with Crippen LogP contribution in [0.3, 0.4) is 0 Å². The van der Waals surface area contributed by atoms with Crippen molar-refractivity contribution < 1.29 is 9.84 Å². The van der Waals surface area contributed by atoms with Crippen molar-refractivity contribution in [2.24, 2.45) is 0 Å². The predicted octanol–water partition coefficient (Wildman–Crippen LogP) is 2.96. The van der Waals surface area contributed by atoms with Gasteiger partial charge in [-0.15, -0.1) is 0 Å². The first-order chi connectivity index (χ1) is 9.79. The summed E-state index contributed by atoms with van der Waals surface area (Å²) in [6, 6.07) is 15.0. The van der Waals surface area contributed by atoms with Gasteiger partial charge >= 0.3 is 0 Å². The van der Waals surface area contributed by atoms with E-state index in [4.69, 9.17) is 10.00 Å². The first kappa shape index (κ1) is 12.7. The molecule has 100 valence electrons. The van der Waals surface area contributed by atoms with Gasteiger partial charge in [0.25, 0.3) is 0 Å². The average Bonchev–Trinajstić information content (AvgIpc) is 2.53. The molecule has 1 N–H and O–H groups in total. The van der Waals surface area contributed by atoms with Crippen molar-refractivity contribution in [3.63, 3.8) is 0 Å². The lowest BCUT2D eigenvalue weighted by Crippen LogP contribution is -2.12. The van der Waals surface area contributed by atoms with Crippen molar-refractivity contribution in [3.05, 3.63) is 64.7 Å². The minimum Gasteiger partial charge on any atom is -0.493 e. The smallest absolute Gasteiger partial charge is 0.128 e. The molecule has 0 saturated heterocycles. The van der Waals surface area contributed by atoms with Crippen LogP contribution in [0.15, 0.2) is 42.5 Å². The highest BCUT2D eigenvalue weighted by Crippen LogP contribution is 2.35. The monoisotopic (exact) mass is 265 g/mol. The number of fused-ring (bicyclic) bond motifs is 1. The zero-order chi connectivity index (χ0) is 13.9. The molecule has 1 atom stereocenters. The maximum absolute atomic E-state index is 10.6. The van der Waals surface area contributed by atoms with Gasteiger partial charge in [0.05, 0.1) is 18.2 Å². The first-order valence-electron chi connectivity index (χ1n) is 6.72. The summed E-state index contributed by atoms with van der Waals surface area (Å²) in [5, 5.41) is 19.5. The molecule has 0 amide bonds. The third kappa shape index (κ3) is 2.26. The standard InChI is InChI=1S/C17H15NO2/c18-11-12-4-1-6-14(10-12)16(19)15-8-2-5-13-7-3-9-20-17(13)15/h1-2,4-6,8,10,16,19H,3,7,9H2. The van der Waals surface area contributed by atoms with E-state index in [0.29, 0.717) is 17.7 Å². The molecular formula is C17H15NO2. The lowest BCUT2D eigenvalue weighted by atomic mass is 9.95. The molecule has 0 radical (unpaired) electrons. The molecule has 3 rings (SSSR count). The average molecular weight is 265 g/mol. The van der Waals surface area contributed by atoms with E-state index in [1.807, 2.05) is 24.3 Å². The summed E-state index contributed by atoms with van der Waals surface area (Å²) in [4.78, 5) is 0. The van der Waals surface area contributed by atoms with Gasteiger partial charge < -0.3 is 9.84 Å². The highest BCUT2D eigenvalue weighted by molar-refractivity contribution is 5.47. The number of nitriles is 1. The van der Waals surface area contributed by atoms with Gasteiger partial charge in [0, 0.05) is 5.56 Å². The predicted molar refractivity (Wildman–Crippen MR) is 75.5 cm³/mol. The lowest BCUT2D eigenvalue weighted by Gasteiger charge is -2.23. The van der Waals surface area contributed by atoms with Crippen LogP contribution in [0.1, 0.15) is 34.8 Å². The Morgan fingerprint density at radius 2 is 2.05 bits per heavy atom. The van der Waals surface area contributed by atoms with E-state index in [9.17, 15) is 5.11 Å². The second-order valence-corrected chi connectivity index (χ2v) is 4.93. The van der Waals surface area contributed by atoms with Crippen molar-refractivity contribution in [1.29, 1.82) is 5.26 Å². The summed E-state index contributed by atoms with van der Waals surface area (Å²) in [7, 11) is 0. The summed E-state index contributed by atoms with van der Waals surface area (Å²) < 4.78 is 5.73. The van der Waals surface area contributed by atoms with Crippen LogP contribution in [0, 0.1) is 11.3 Å². The van der Waals surface area contributed by atoms with Crippen molar-refractivity contribution in [2.45, 2.75) is 18.9 Å². The number of para-hydroxylation sites is 1. The molecular weight excluding hydrogens is 250 g/mol. The molecule has 3 heteroatoms. The molecule has 0 fully saturated rings. The molecule has 2 aromatic rings. The Kier molecular flexibility index (Phi) is 3.41. The first-order valence-corrected chi connectivity index (χ1v) is 6.72. The third-order valence-electron chi connectivity index (χ3n) is 3.59. The molecule has 0 spiro atoms. The zero-order valence-corrected chi connectivity index (χ0v) is 11.0. The summed E-state index contributed by atoms with van der Waals surface area (Å²) >= 11 is 0. The second-order valence-electron chi connectivity index (χ2n) is 4.93. The number of nitrogens with zero attached hydrogens (tertiary/aromatic N) is 1. The molecule has 0 aliphatic carbocycles. The van der Waals surface area contributed by atoms with Crippen LogP contribution in [-0.2, 0) is 6.42 Å². The molecule has 20 heavy (non-hydrogen) atoms. The van der Waals surface area contributed by atoms with Crippen molar-refractivity contribution >= 4 is 0 Å². The van der Waals surface area contributed by atoms with E-state index in [2.05, 4.69) is 6.07 Å². The van der Waals surface area contributed by atoms with Crippen LogP contribution in [0.4, 0.5) is 0 Å². The number of hydrogen-bond donors (Lipinski definition) is 1. The Morgan fingerprint density at radius 1 is 1.20 bits per heavy atom. The molecule has 0 saturated carbocycles. The van der Waals surface area contributed by atoms with Crippen LogP contribution >= 0.6 is 0 Å². The number of benzene rings is 2. The largest absolute Gasteiger partial charge is 0.493 e. The Hall–Kier alpha value is -2.31. The Labute approximate surface area is 118 Å². The SMILES string of the molecule is N#Cc1cccc(C(O)c2cccc3c2OCCC3)c1. The fraction of sp³-hybridized carbons (Fsp3) is 0.235. The summed E-state index contributed by atoms with van der Waals surface area (Å²) in [5.41, 5.74) is 3.18. The third-order valence-corrected chi connectivity index (χ3v) is 3.59. The van der Waals surface area contributed by atoms with E-state index >= 15 is 0 Å². The number of aryl methyl sites for hydroxylation is 1. The molecule has 3 nitrogen and oxygen atoms in total. The number of aliphatic hydroxyl groups is 1. The van der Waals surface area contributed by atoms with E-state index in [1.54, 1.807) is 18.2 Å². The minimum atomic E-state index is -0.767. The van der Waals surface area contributed by atoms with Gasteiger partial charge in [-0.3, -0.25) is 0 Å². The van der Waals surface area contributed by atoms with Gasteiger partial charge in [-0.25, -0.2) is 0 Å². The Morgan fingerprint density at radius 3 is 2.90 bits per heavy atom. The van der Waals surface area contributed by atoms with Crippen molar-refractivity contribution in [2.75, 3.05) is 6.61 Å². The van der Waals surface area contributed by atoms with E-state index in [-0.39, 0.29) is 0 Å². The molecule has 1 aliphatic rings. The van der Waals surface area contributed by atoms with Gasteiger partial charge in [-0.05, 0) is 36.1 Å². The fourth-order valence-electron chi connectivity index (χ4n) is 2.59. The number of aliphatic hydroxyl groups excluding tert-OH is 1. The highest BCUT2D eigenvalue weighted by atomic mass is 16.5. The second kappa shape index (κ2) is 5.36. The molecule has 1 unspecified atom stereocenters. The minimum absolute atomic E-state index is 0.548. The van der Waals surface area contributed by atoms with Gasteiger partial charge in [-0.1, -0.05) is 30.3 Å². The van der Waals surface area contributed by atoms with Crippen LogP contribution in [0.25, 0.3) is 0 Å². The maximum Gasteiger partial charge on any atom is 0.128 e. The van der Waals surface area contributed by atoms with Gasteiger partial charge in [0.15, 0.2) is 0 Å². The normalized spacial score (nSPS) is 14.8. The topological polar surface area (TPSA) is 53.2 Å². The molecule has 0 aromatic heterocycles. The summed E-state index contributed by atoms with van der Waals surface area (Å²) in [6.07, 6.45) is 1.22. The maximum atomic E-state index is 10.6. The molecule has 1 aliphatic heterocycles. The van der Waals surface area contributed by atoms with Crippen LogP contribution in [-0.4, -0.2) is 11.7 Å². The van der Waals surface area contributed by atoms with Crippen LogP contribution in [0.2, 0.25) is 0 Å². The van der Waals surface area contributed by atoms with E-state index in [0.717, 1.165) is 29.7 Å². The molecule has 1 heterocycles. The van der Waals surface area contributed by atoms with Crippen LogP contribution in [0.5, 0.6) is 5.75 Å². The number of rotatable bonds is 2. The van der Waals surface area contributed by atoms with Crippen molar-refractivity contribution in [1.82, 2.24) is 0 Å². The molecule has 0 bridgehead atoms. The van der Waals surface area contributed by atoms with Crippen molar-refractivity contribution in [3.8, 4) is 11.8 Å². The van der Waals surface area contributed by atoms with Gasteiger partial charge in [0.1, 0.15) is 11.9 Å². The number of ether oxygens (including phenoxy) is 1. The quantitative estimate of drug-likeness (QED) is 0.908. The number of hydrogen-bond acceptors (Lipinski definition) is 3. The lowest BCUT2D eigenvalue weighted by molar-refractivity contribution is 0.206.